The van der Waals surface area contributed by atoms with Crippen LogP contribution in [0.1, 0.15) is 50.3 Å². The van der Waals surface area contributed by atoms with Gasteiger partial charge in [0, 0.05) is 5.92 Å². The molecule has 0 spiro atoms. The summed E-state index contributed by atoms with van der Waals surface area (Å²) in [5, 5.41) is 0.690. The van der Waals surface area contributed by atoms with Crippen LogP contribution in [0.15, 0.2) is 29.1 Å². The number of para-hydroxylation sites is 1. The van der Waals surface area contributed by atoms with E-state index in [2.05, 4.69) is 9.97 Å². The van der Waals surface area contributed by atoms with Crippen molar-refractivity contribution in [3.63, 3.8) is 0 Å². The van der Waals surface area contributed by atoms with Gasteiger partial charge in [0.25, 0.3) is 5.56 Å². The highest BCUT2D eigenvalue weighted by atomic mass is 16.1. The molecule has 1 saturated carbocycles. The summed E-state index contributed by atoms with van der Waals surface area (Å²) in [6.07, 6.45) is 7.44. The van der Waals surface area contributed by atoms with Crippen LogP contribution < -0.4 is 5.56 Å². The van der Waals surface area contributed by atoms with Crippen molar-refractivity contribution in [1.82, 2.24) is 9.97 Å². The molecule has 1 heterocycles. The lowest BCUT2D eigenvalue weighted by atomic mass is 9.99. The number of H-pyrrole nitrogens is 1. The monoisotopic (exact) mass is 242 g/mol. The molecule has 0 unspecified atom stereocenters. The zero-order valence-corrected chi connectivity index (χ0v) is 10.5. The second-order valence-electron chi connectivity index (χ2n) is 5.16. The molecule has 1 aromatic carbocycles. The molecular weight excluding hydrogens is 224 g/mol. The van der Waals surface area contributed by atoms with Crippen molar-refractivity contribution in [3.05, 3.63) is 40.4 Å². The van der Waals surface area contributed by atoms with Gasteiger partial charge >= 0.3 is 0 Å². The Morgan fingerprint density at radius 1 is 1.06 bits per heavy atom. The first-order chi connectivity index (χ1) is 8.84. The van der Waals surface area contributed by atoms with Gasteiger partial charge in [0.2, 0.25) is 0 Å². The number of benzene rings is 1. The summed E-state index contributed by atoms with van der Waals surface area (Å²) in [6, 6.07) is 7.57. The summed E-state index contributed by atoms with van der Waals surface area (Å²) < 4.78 is 0. The molecule has 3 rings (SSSR count). The number of fused-ring (bicyclic) bond motifs is 1. The van der Waals surface area contributed by atoms with Gasteiger partial charge in [0.1, 0.15) is 5.82 Å². The Morgan fingerprint density at radius 3 is 2.56 bits per heavy atom. The minimum absolute atomic E-state index is 0.000142. The smallest absolute Gasteiger partial charge is 0.258 e. The van der Waals surface area contributed by atoms with E-state index in [1.165, 1.54) is 25.7 Å². The van der Waals surface area contributed by atoms with Gasteiger partial charge in [-0.15, -0.1) is 0 Å². The zero-order valence-electron chi connectivity index (χ0n) is 10.5. The van der Waals surface area contributed by atoms with Crippen molar-refractivity contribution in [1.29, 1.82) is 0 Å². The van der Waals surface area contributed by atoms with Crippen molar-refractivity contribution < 1.29 is 0 Å². The fourth-order valence-electron chi connectivity index (χ4n) is 2.85. The van der Waals surface area contributed by atoms with Gasteiger partial charge in [-0.1, -0.05) is 37.8 Å². The highest BCUT2D eigenvalue weighted by Gasteiger charge is 2.17. The molecule has 94 valence electrons. The zero-order chi connectivity index (χ0) is 12.4. The van der Waals surface area contributed by atoms with Crippen LogP contribution in [0.25, 0.3) is 10.9 Å². The van der Waals surface area contributed by atoms with Gasteiger partial charge in [-0.3, -0.25) is 4.79 Å². The van der Waals surface area contributed by atoms with Crippen LogP contribution in [0.4, 0.5) is 0 Å². The second-order valence-corrected chi connectivity index (χ2v) is 5.16. The predicted octanol–water partition coefficient (Wildman–Crippen LogP) is 3.36. The number of nitrogens with one attached hydrogen (secondary N) is 1. The van der Waals surface area contributed by atoms with E-state index in [-0.39, 0.29) is 5.56 Å². The maximum atomic E-state index is 12.0. The van der Waals surface area contributed by atoms with Crippen molar-refractivity contribution >= 4 is 10.9 Å². The number of aromatic amines is 1. The van der Waals surface area contributed by atoms with Gasteiger partial charge in [-0.25, -0.2) is 4.98 Å². The number of hydrogen-bond acceptors (Lipinski definition) is 2. The lowest BCUT2D eigenvalue weighted by molar-refractivity contribution is 0.561. The van der Waals surface area contributed by atoms with E-state index in [9.17, 15) is 4.79 Å². The molecule has 18 heavy (non-hydrogen) atoms. The lowest BCUT2D eigenvalue weighted by Crippen LogP contribution is -2.14. The maximum Gasteiger partial charge on any atom is 0.258 e. The molecular formula is C15H18N2O. The number of rotatable bonds is 1. The third-order valence-corrected chi connectivity index (χ3v) is 3.87. The fraction of sp³-hybridized carbons (Fsp3) is 0.467. The average molecular weight is 242 g/mol. The maximum absolute atomic E-state index is 12.0. The minimum Gasteiger partial charge on any atom is -0.310 e. The van der Waals surface area contributed by atoms with Crippen LogP contribution >= 0.6 is 0 Å². The summed E-state index contributed by atoms with van der Waals surface area (Å²) in [6.45, 7) is 0. The summed E-state index contributed by atoms with van der Waals surface area (Å²) in [7, 11) is 0. The Labute approximate surface area is 106 Å². The molecule has 1 aliphatic carbocycles. The molecule has 2 aromatic rings. The Kier molecular flexibility index (Phi) is 3.13. The number of hydrogen-bond donors (Lipinski definition) is 1. The summed E-state index contributed by atoms with van der Waals surface area (Å²) in [5.41, 5.74) is 0.820. The number of nitrogens with zero attached hydrogens (tertiary/aromatic N) is 1. The Bertz CT molecular complexity index is 595. The van der Waals surface area contributed by atoms with E-state index in [0.29, 0.717) is 11.3 Å². The van der Waals surface area contributed by atoms with Crippen LogP contribution in [0, 0.1) is 0 Å². The average Bonchev–Trinajstić information content (AvgIpc) is 2.67. The topological polar surface area (TPSA) is 45.8 Å². The van der Waals surface area contributed by atoms with Crippen LogP contribution in [0.5, 0.6) is 0 Å². The molecule has 0 aliphatic heterocycles. The van der Waals surface area contributed by atoms with Crippen molar-refractivity contribution in [2.24, 2.45) is 0 Å². The molecule has 0 bridgehead atoms. The Hall–Kier alpha value is -1.64. The van der Waals surface area contributed by atoms with Crippen molar-refractivity contribution in [2.75, 3.05) is 0 Å². The first-order valence-electron chi connectivity index (χ1n) is 6.83. The molecule has 3 heteroatoms. The van der Waals surface area contributed by atoms with Crippen molar-refractivity contribution in [2.45, 2.75) is 44.4 Å². The van der Waals surface area contributed by atoms with E-state index >= 15 is 0 Å². The number of aromatic nitrogens is 2. The van der Waals surface area contributed by atoms with Crippen molar-refractivity contribution in [3.8, 4) is 0 Å². The molecule has 1 N–H and O–H groups in total. The van der Waals surface area contributed by atoms with Crippen LogP contribution in [-0.4, -0.2) is 9.97 Å². The van der Waals surface area contributed by atoms with E-state index in [0.717, 1.165) is 24.2 Å². The van der Waals surface area contributed by atoms with Gasteiger partial charge in [0.05, 0.1) is 10.9 Å². The molecule has 0 saturated heterocycles. The molecule has 0 radical (unpaired) electrons. The highest BCUT2D eigenvalue weighted by molar-refractivity contribution is 5.77. The van der Waals surface area contributed by atoms with E-state index in [1.807, 2.05) is 24.3 Å². The third-order valence-electron chi connectivity index (χ3n) is 3.87. The first kappa shape index (κ1) is 11.5. The fourth-order valence-corrected chi connectivity index (χ4v) is 2.85. The summed E-state index contributed by atoms with van der Waals surface area (Å²) in [4.78, 5) is 19.7. The molecule has 0 amide bonds. The standard InChI is InChI=1S/C15H18N2O/c18-15-12-9-5-6-10-13(12)16-14(17-15)11-7-3-1-2-4-8-11/h5-6,9-11H,1-4,7-8H2,(H,16,17,18). The van der Waals surface area contributed by atoms with E-state index < -0.39 is 0 Å². The minimum atomic E-state index is -0.000142. The highest BCUT2D eigenvalue weighted by Crippen LogP contribution is 2.29. The second kappa shape index (κ2) is 4.92. The Morgan fingerprint density at radius 2 is 1.78 bits per heavy atom. The Balaban J connectivity index is 2.04. The lowest BCUT2D eigenvalue weighted by Gasteiger charge is -2.13. The van der Waals surface area contributed by atoms with Gasteiger partial charge in [0.15, 0.2) is 0 Å². The normalized spacial score (nSPS) is 17.8. The van der Waals surface area contributed by atoms with Crippen LogP contribution in [0.3, 0.4) is 0 Å². The quantitative estimate of drug-likeness (QED) is 0.779. The van der Waals surface area contributed by atoms with E-state index in [4.69, 9.17) is 0 Å². The van der Waals surface area contributed by atoms with Gasteiger partial charge in [-0.2, -0.15) is 0 Å². The molecule has 1 aromatic heterocycles. The van der Waals surface area contributed by atoms with Gasteiger partial charge in [-0.05, 0) is 25.0 Å². The molecule has 0 atom stereocenters. The molecule has 1 fully saturated rings. The predicted molar refractivity (Wildman–Crippen MR) is 72.8 cm³/mol. The summed E-state index contributed by atoms with van der Waals surface area (Å²) >= 11 is 0. The molecule has 3 nitrogen and oxygen atoms in total. The third kappa shape index (κ3) is 2.17. The van der Waals surface area contributed by atoms with Crippen LogP contribution in [0.2, 0.25) is 0 Å². The van der Waals surface area contributed by atoms with Crippen LogP contribution in [-0.2, 0) is 0 Å². The molecule has 1 aliphatic rings. The first-order valence-corrected chi connectivity index (χ1v) is 6.83. The van der Waals surface area contributed by atoms with E-state index in [1.54, 1.807) is 0 Å². The van der Waals surface area contributed by atoms with Gasteiger partial charge < -0.3 is 4.98 Å². The SMILES string of the molecule is O=c1[nH]c(C2CCCCCC2)nc2ccccc12. The largest absolute Gasteiger partial charge is 0.310 e. The summed E-state index contributed by atoms with van der Waals surface area (Å²) in [5.74, 6) is 1.32.